The van der Waals surface area contributed by atoms with Crippen LogP contribution in [0.2, 0.25) is 0 Å². The summed E-state index contributed by atoms with van der Waals surface area (Å²) < 4.78 is 15.6. The molecule has 2 nitrogen and oxygen atoms in total. The van der Waals surface area contributed by atoms with Gasteiger partial charge in [0.15, 0.2) is 0 Å². The molecule has 0 heterocycles. The molecule has 3 heteroatoms. The largest absolute Gasteiger partial charge is 0.393 e. The summed E-state index contributed by atoms with van der Waals surface area (Å²) in [5.41, 5.74) is -1.87. The fourth-order valence-corrected chi connectivity index (χ4v) is 6.35. The van der Waals surface area contributed by atoms with Crippen LogP contribution in [0, 0.1) is 23.2 Å². The summed E-state index contributed by atoms with van der Waals surface area (Å²) in [4.78, 5) is 0. The Kier molecular flexibility index (Phi) is 3.30. The lowest BCUT2D eigenvalue weighted by Crippen LogP contribution is -2.54. The summed E-state index contributed by atoms with van der Waals surface area (Å²) in [5, 5.41) is 21.5. The van der Waals surface area contributed by atoms with Crippen LogP contribution in [-0.4, -0.2) is 27.6 Å². The van der Waals surface area contributed by atoms with Gasteiger partial charge in [-0.05, 0) is 68.6 Å². The number of fused-ring (bicyclic) bond motifs is 4. The zero-order valence-corrected chi connectivity index (χ0v) is 13.6. The Morgan fingerprint density at radius 3 is 2.64 bits per heavy atom. The van der Waals surface area contributed by atoms with Gasteiger partial charge in [0, 0.05) is 12.3 Å². The summed E-state index contributed by atoms with van der Waals surface area (Å²) in [6.45, 7) is 2.27. The van der Waals surface area contributed by atoms with Gasteiger partial charge in [-0.25, -0.2) is 4.39 Å². The molecule has 6 unspecified atom stereocenters. The number of aliphatic hydroxyl groups is 2. The average molecular weight is 308 g/mol. The normalized spacial score (nSPS) is 57.6. The maximum absolute atomic E-state index is 15.6. The van der Waals surface area contributed by atoms with Gasteiger partial charge in [0.05, 0.1) is 11.7 Å². The fourth-order valence-electron chi connectivity index (χ4n) is 6.35. The second-order valence-electron chi connectivity index (χ2n) is 8.83. The first-order valence-electron chi connectivity index (χ1n) is 9.13. The van der Waals surface area contributed by atoms with Crippen LogP contribution in [0.15, 0.2) is 12.2 Å². The van der Waals surface area contributed by atoms with E-state index >= 15 is 4.39 Å². The average Bonchev–Trinajstić information content (AvgIpc) is 2.80. The van der Waals surface area contributed by atoms with E-state index in [4.69, 9.17) is 0 Å². The zero-order valence-electron chi connectivity index (χ0n) is 13.6. The topological polar surface area (TPSA) is 40.5 Å². The molecule has 4 rings (SSSR count). The highest BCUT2D eigenvalue weighted by molar-refractivity contribution is 5.19. The summed E-state index contributed by atoms with van der Waals surface area (Å²) in [6, 6.07) is 0. The highest BCUT2D eigenvalue weighted by Crippen LogP contribution is 2.61. The molecule has 0 radical (unpaired) electrons. The first kappa shape index (κ1) is 15.1. The van der Waals surface area contributed by atoms with Gasteiger partial charge in [0.2, 0.25) is 0 Å². The van der Waals surface area contributed by atoms with Crippen molar-refractivity contribution < 1.29 is 14.6 Å². The third-order valence-electron chi connectivity index (χ3n) is 7.64. The van der Waals surface area contributed by atoms with Gasteiger partial charge in [0.25, 0.3) is 0 Å². The van der Waals surface area contributed by atoms with Crippen molar-refractivity contribution in [2.75, 3.05) is 0 Å². The minimum absolute atomic E-state index is 0.0335. The number of rotatable bonds is 0. The van der Waals surface area contributed by atoms with E-state index < -0.39 is 17.4 Å². The number of hydrogen-bond acceptors (Lipinski definition) is 2. The Morgan fingerprint density at radius 1 is 1.05 bits per heavy atom. The first-order valence-corrected chi connectivity index (χ1v) is 9.13. The summed E-state index contributed by atoms with van der Waals surface area (Å²) in [5.74, 6) is 0.351. The van der Waals surface area contributed by atoms with E-state index in [-0.39, 0.29) is 29.6 Å². The van der Waals surface area contributed by atoms with Crippen LogP contribution in [-0.2, 0) is 0 Å². The Hall–Kier alpha value is -0.410. The van der Waals surface area contributed by atoms with Gasteiger partial charge in [-0.15, -0.1) is 0 Å². The quantitative estimate of drug-likeness (QED) is 0.669. The van der Waals surface area contributed by atoms with E-state index in [9.17, 15) is 10.2 Å². The van der Waals surface area contributed by atoms with Crippen molar-refractivity contribution in [3.63, 3.8) is 0 Å². The molecular weight excluding hydrogens is 279 g/mol. The Balaban J connectivity index is 1.66. The molecule has 4 aliphatic rings. The van der Waals surface area contributed by atoms with Crippen LogP contribution in [0.4, 0.5) is 4.39 Å². The molecule has 3 fully saturated rings. The van der Waals surface area contributed by atoms with Crippen molar-refractivity contribution in [1.29, 1.82) is 0 Å². The number of allylic oxidation sites excluding steroid dienone is 2. The Bertz CT molecular complexity index is 492. The van der Waals surface area contributed by atoms with Crippen molar-refractivity contribution in [2.45, 2.75) is 82.1 Å². The molecular formula is C19H29FO2. The van der Waals surface area contributed by atoms with Gasteiger partial charge < -0.3 is 10.2 Å². The molecule has 22 heavy (non-hydrogen) atoms. The lowest BCUT2D eigenvalue weighted by atomic mass is 9.56. The second-order valence-corrected chi connectivity index (χ2v) is 8.83. The molecule has 0 aromatic carbocycles. The number of aliphatic hydroxyl groups excluding tert-OH is 1. The maximum Gasteiger partial charge on any atom is 0.116 e. The number of alkyl halides is 1. The molecule has 0 amide bonds. The predicted molar refractivity (Wildman–Crippen MR) is 84.1 cm³/mol. The van der Waals surface area contributed by atoms with Crippen molar-refractivity contribution >= 4 is 0 Å². The molecule has 0 aliphatic heterocycles. The van der Waals surface area contributed by atoms with Crippen LogP contribution in [0.3, 0.4) is 0 Å². The van der Waals surface area contributed by atoms with Crippen molar-refractivity contribution in [3.8, 4) is 0 Å². The smallest absolute Gasteiger partial charge is 0.116 e. The molecule has 7 atom stereocenters. The SMILES string of the molecule is CC12C=CCC1[C@@]1(O)CCC3CCC(O)CC3(F)CC1CC2. The minimum atomic E-state index is -1.26. The zero-order chi connectivity index (χ0) is 15.6. The monoisotopic (exact) mass is 308 g/mol. The predicted octanol–water partition coefficient (Wildman–Crippen LogP) is 3.76. The van der Waals surface area contributed by atoms with Crippen LogP contribution >= 0.6 is 0 Å². The van der Waals surface area contributed by atoms with E-state index in [0.29, 0.717) is 6.42 Å². The lowest BCUT2D eigenvalue weighted by Gasteiger charge is -2.52. The molecule has 2 N–H and O–H groups in total. The van der Waals surface area contributed by atoms with Crippen LogP contribution < -0.4 is 0 Å². The van der Waals surface area contributed by atoms with Gasteiger partial charge in [-0.2, -0.15) is 0 Å². The summed E-state index contributed by atoms with van der Waals surface area (Å²) >= 11 is 0. The van der Waals surface area contributed by atoms with Crippen molar-refractivity contribution in [3.05, 3.63) is 12.2 Å². The summed E-state index contributed by atoms with van der Waals surface area (Å²) in [7, 11) is 0. The van der Waals surface area contributed by atoms with Crippen molar-refractivity contribution in [2.24, 2.45) is 23.2 Å². The van der Waals surface area contributed by atoms with Gasteiger partial charge in [0.1, 0.15) is 5.67 Å². The molecule has 124 valence electrons. The lowest BCUT2D eigenvalue weighted by molar-refractivity contribution is -0.139. The molecule has 3 saturated carbocycles. The van der Waals surface area contributed by atoms with Crippen LogP contribution in [0.5, 0.6) is 0 Å². The molecule has 0 aromatic rings. The van der Waals surface area contributed by atoms with E-state index in [0.717, 1.165) is 44.9 Å². The Morgan fingerprint density at radius 2 is 1.82 bits per heavy atom. The molecule has 0 aromatic heterocycles. The Labute approximate surface area is 132 Å². The van der Waals surface area contributed by atoms with Crippen LogP contribution in [0.25, 0.3) is 0 Å². The fraction of sp³-hybridized carbons (Fsp3) is 0.895. The molecule has 0 saturated heterocycles. The molecule has 4 aliphatic carbocycles. The van der Waals surface area contributed by atoms with Crippen molar-refractivity contribution in [1.82, 2.24) is 0 Å². The molecule has 0 bridgehead atoms. The number of halogens is 1. The van der Waals surface area contributed by atoms with Gasteiger partial charge in [-0.3, -0.25) is 0 Å². The van der Waals surface area contributed by atoms with Crippen LogP contribution in [0.1, 0.15) is 64.7 Å². The third-order valence-corrected chi connectivity index (χ3v) is 7.64. The van der Waals surface area contributed by atoms with E-state index in [2.05, 4.69) is 19.1 Å². The minimum Gasteiger partial charge on any atom is -0.393 e. The van der Waals surface area contributed by atoms with E-state index in [1.54, 1.807) is 0 Å². The highest BCUT2D eigenvalue weighted by atomic mass is 19.1. The van der Waals surface area contributed by atoms with Gasteiger partial charge in [-0.1, -0.05) is 19.1 Å². The first-order chi connectivity index (χ1) is 10.4. The number of hydrogen-bond donors (Lipinski definition) is 2. The third kappa shape index (κ3) is 2.04. The van der Waals surface area contributed by atoms with Gasteiger partial charge >= 0.3 is 0 Å². The van der Waals surface area contributed by atoms with E-state index in [1.165, 1.54) is 0 Å². The maximum atomic E-state index is 15.6. The summed E-state index contributed by atoms with van der Waals surface area (Å²) in [6.07, 6.45) is 10.7. The standard InChI is InChI=1S/C19H29FO2/c1-17-8-2-3-16(17)19(22)10-7-13-4-5-15(21)12-18(13,20)11-14(19)6-9-17/h2,8,13-16,21-22H,3-7,9-12H2,1H3/t13?,14?,15?,16?,17?,18?,19-/m1/s1. The second kappa shape index (κ2) is 4.80. The van der Waals surface area contributed by atoms with E-state index in [1.807, 2.05) is 0 Å². The molecule has 0 spiro atoms. The highest BCUT2D eigenvalue weighted by Gasteiger charge is 2.60.